The van der Waals surface area contributed by atoms with Crippen LogP contribution >= 0.6 is 0 Å². The van der Waals surface area contributed by atoms with E-state index in [-0.39, 0.29) is 11.2 Å². The number of anilines is 1. The van der Waals surface area contributed by atoms with E-state index in [9.17, 15) is 5.11 Å². The first kappa shape index (κ1) is 12.4. The maximum absolute atomic E-state index is 9.46. The van der Waals surface area contributed by atoms with Crippen LogP contribution in [-0.4, -0.2) is 20.1 Å². The SMILES string of the molecule is CC(C)(C)c1c(N)nnn1Cc1cccc(O)c1. The molecule has 0 amide bonds. The van der Waals surface area contributed by atoms with Crippen LogP contribution in [0.15, 0.2) is 24.3 Å². The molecule has 96 valence electrons. The Balaban J connectivity index is 2.36. The second kappa shape index (κ2) is 4.33. The Hall–Kier alpha value is -2.04. The highest BCUT2D eigenvalue weighted by molar-refractivity contribution is 5.38. The van der Waals surface area contributed by atoms with Gasteiger partial charge in [-0.15, -0.1) is 5.10 Å². The molecule has 0 radical (unpaired) electrons. The zero-order valence-electron chi connectivity index (χ0n) is 10.9. The van der Waals surface area contributed by atoms with Gasteiger partial charge in [-0.1, -0.05) is 38.1 Å². The minimum atomic E-state index is -0.121. The van der Waals surface area contributed by atoms with Crippen molar-refractivity contribution in [2.45, 2.75) is 32.7 Å². The molecule has 0 aliphatic carbocycles. The minimum absolute atomic E-state index is 0.121. The molecule has 0 aliphatic heterocycles. The van der Waals surface area contributed by atoms with Gasteiger partial charge in [0.05, 0.1) is 12.2 Å². The summed E-state index contributed by atoms with van der Waals surface area (Å²) in [5.41, 5.74) is 7.62. The van der Waals surface area contributed by atoms with E-state index in [1.807, 2.05) is 12.1 Å². The molecule has 2 rings (SSSR count). The van der Waals surface area contributed by atoms with Crippen LogP contribution in [0.5, 0.6) is 5.75 Å². The predicted molar refractivity (Wildman–Crippen MR) is 70.3 cm³/mol. The molecule has 0 saturated heterocycles. The Labute approximate surface area is 106 Å². The van der Waals surface area contributed by atoms with E-state index in [2.05, 4.69) is 31.1 Å². The fourth-order valence-electron chi connectivity index (χ4n) is 2.04. The number of nitrogens with two attached hydrogens (primary N) is 1. The highest BCUT2D eigenvalue weighted by atomic mass is 16.3. The van der Waals surface area contributed by atoms with Crippen molar-refractivity contribution in [3.8, 4) is 5.75 Å². The van der Waals surface area contributed by atoms with Crippen molar-refractivity contribution in [1.82, 2.24) is 15.0 Å². The summed E-state index contributed by atoms with van der Waals surface area (Å²) in [6.45, 7) is 6.76. The summed E-state index contributed by atoms with van der Waals surface area (Å²) in [5.74, 6) is 0.709. The number of nitrogens with zero attached hydrogens (tertiary/aromatic N) is 3. The molecular formula is C13H18N4O. The molecule has 1 heterocycles. The van der Waals surface area contributed by atoms with Crippen LogP contribution in [0.2, 0.25) is 0 Å². The lowest BCUT2D eigenvalue weighted by Crippen LogP contribution is -2.20. The molecule has 0 fully saturated rings. The second-order valence-electron chi connectivity index (χ2n) is 5.40. The number of aromatic hydroxyl groups is 1. The van der Waals surface area contributed by atoms with E-state index in [0.717, 1.165) is 11.3 Å². The van der Waals surface area contributed by atoms with E-state index in [1.165, 1.54) is 0 Å². The Bertz CT molecular complexity index is 554. The summed E-state index contributed by atoms with van der Waals surface area (Å²) in [6.07, 6.45) is 0. The molecular weight excluding hydrogens is 228 g/mol. The van der Waals surface area contributed by atoms with Crippen molar-refractivity contribution in [3.63, 3.8) is 0 Å². The quantitative estimate of drug-likeness (QED) is 0.848. The first-order valence-corrected chi connectivity index (χ1v) is 5.85. The van der Waals surface area contributed by atoms with Gasteiger partial charge in [0.2, 0.25) is 0 Å². The normalized spacial score (nSPS) is 11.7. The zero-order chi connectivity index (χ0) is 13.3. The van der Waals surface area contributed by atoms with Gasteiger partial charge in [-0.3, -0.25) is 0 Å². The minimum Gasteiger partial charge on any atom is -0.508 e. The maximum atomic E-state index is 9.46. The third kappa shape index (κ3) is 2.45. The number of rotatable bonds is 2. The summed E-state index contributed by atoms with van der Waals surface area (Å²) in [5, 5.41) is 17.5. The van der Waals surface area contributed by atoms with Gasteiger partial charge in [-0.25, -0.2) is 4.68 Å². The van der Waals surface area contributed by atoms with Crippen LogP contribution in [0.25, 0.3) is 0 Å². The van der Waals surface area contributed by atoms with Crippen molar-refractivity contribution in [2.75, 3.05) is 5.73 Å². The van der Waals surface area contributed by atoms with Gasteiger partial charge < -0.3 is 10.8 Å². The van der Waals surface area contributed by atoms with Crippen molar-refractivity contribution in [1.29, 1.82) is 0 Å². The molecule has 1 aromatic heterocycles. The summed E-state index contributed by atoms with van der Waals surface area (Å²) < 4.78 is 1.78. The lowest BCUT2D eigenvalue weighted by molar-refractivity contribution is 0.472. The highest BCUT2D eigenvalue weighted by Crippen LogP contribution is 2.26. The van der Waals surface area contributed by atoms with Crippen LogP contribution in [0, 0.1) is 0 Å². The van der Waals surface area contributed by atoms with Crippen LogP contribution in [0.1, 0.15) is 32.0 Å². The summed E-state index contributed by atoms with van der Waals surface area (Å²) in [4.78, 5) is 0. The van der Waals surface area contributed by atoms with Crippen molar-refractivity contribution < 1.29 is 5.11 Å². The van der Waals surface area contributed by atoms with E-state index in [4.69, 9.17) is 5.73 Å². The van der Waals surface area contributed by atoms with Crippen molar-refractivity contribution >= 4 is 5.82 Å². The number of hydrogen-bond acceptors (Lipinski definition) is 4. The Morgan fingerprint density at radius 2 is 2.06 bits per heavy atom. The largest absolute Gasteiger partial charge is 0.508 e. The van der Waals surface area contributed by atoms with Gasteiger partial charge in [-0.2, -0.15) is 0 Å². The van der Waals surface area contributed by atoms with Crippen molar-refractivity contribution in [2.24, 2.45) is 0 Å². The van der Waals surface area contributed by atoms with Crippen LogP contribution in [0.4, 0.5) is 5.82 Å². The molecule has 0 aliphatic rings. The van der Waals surface area contributed by atoms with Crippen LogP contribution in [0.3, 0.4) is 0 Å². The molecule has 5 heteroatoms. The van der Waals surface area contributed by atoms with Gasteiger partial charge in [0.15, 0.2) is 5.82 Å². The first-order chi connectivity index (χ1) is 8.38. The fraction of sp³-hybridized carbons (Fsp3) is 0.385. The summed E-state index contributed by atoms with van der Waals surface area (Å²) in [7, 11) is 0. The van der Waals surface area contributed by atoms with E-state index in [1.54, 1.807) is 16.8 Å². The van der Waals surface area contributed by atoms with E-state index >= 15 is 0 Å². The van der Waals surface area contributed by atoms with Gasteiger partial charge in [0.25, 0.3) is 0 Å². The molecule has 2 aromatic rings. The van der Waals surface area contributed by atoms with Crippen molar-refractivity contribution in [3.05, 3.63) is 35.5 Å². The predicted octanol–water partition coefficient (Wildman–Crippen LogP) is 1.91. The third-order valence-electron chi connectivity index (χ3n) is 2.71. The molecule has 1 aromatic carbocycles. The Kier molecular flexibility index (Phi) is 2.98. The van der Waals surface area contributed by atoms with E-state index < -0.39 is 0 Å². The number of phenolic OH excluding ortho intramolecular Hbond substituents is 1. The van der Waals surface area contributed by atoms with Gasteiger partial charge in [0.1, 0.15) is 5.75 Å². The van der Waals surface area contributed by atoms with Gasteiger partial charge >= 0.3 is 0 Å². The number of phenols is 1. The molecule has 0 saturated carbocycles. The molecule has 0 unspecified atom stereocenters. The average Bonchev–Trinajstić information content (AvgIpc) is 2.59. The number of hydrogen-bond donors (Lipinski definition) is 2. The topological polar surface area (TPSA) is 77.0 Å². The van der Waals surface area contributed by atoms with Gasteiger partial charge in [-0.05, 0) is 17.7 Å². The zero-order valence-corrected chi connectivity index (χ0v) is 10.9. The van der Waals surface area contributed by atoms with Crippen LogP contribution in [-0.2, 0) is 12.0 Å². The van der Waals surface area contributed by atoms with E-state index in [0.29, 0.717) is 12.4 Å². The maximum Gasteiger partial charge on any atom is 0.169 e. The third-order valence-corrected chi connectivity index (χ3v) is 2.71. The Morgan fingerprint density at radius 3 is 2.67 bits per heavy atom. The first-order valence-electron chi connectivity index (χ1n) is 5.85. The molecule has 0 bridgehead atoms. The molecule has 5 nitrogen and oxygen atoms in total. The lowest BCUT2D eigenvalue weighted by Gasteiger charge is -2.20. The lowest BCUT2D eigenvalue weighted by atomic mass is 9.92. The number of benzene rings is 1. The summed E-state index contributed by atoms with van der Waals surface area (Å²) in [6, 6.07) is 7.10. The smallest absolute Gasteiger partial charge is 0.169 e. The van der Waals surface area contributed by atoms with Crippen LogP contribution < -0.4 is 5.73 Å². The monoisotopic (exact) mass is 246 g/mol. The average molecular weight is 246 g/mol. The fourth-order valence-corrected chi connectivity index (χ4v) is 2.04. The highest BCUT2D eigenvalue weighted by Gasteiger charge is 2.24. The summed E-state index contributed by atoms with van der Waals surface area (Å²) >= 11 is 0. The molecule has 3 N–H and O–H groups in total. The Morgan fingerprint density at radius 1 is 1.33 bits per heavy atom. The van der Waals surface area contributed by atoms with Gasteiger partial charge in [0, 0.05) is 5.41 Å². The second-order valence-corrected chi connectivity index (χ2v) is 5.40. The standard InChI is InChI=1S/C13H18N4O/c1-13(2,3)11-12(14)15-16-17(11)8-9-5-4-6-10(18)7-9/h4-7,18H,8,14H2,1-3H3. The molecule has 0 spiro atoms. The molecule has 18 heavy (non-hydrogen) atoms. The molecule has 0 atom stereocenters. The number of nitrogen functional groups attached to an aromatic ring is 1. The number of aromatic nitrogens is 3.